The quantitative estimate of drug-likeness (QED) is 0.467. The van der Waals surface area contributed by atoms with Crippen LogP contribution in [0.4, 0.5) is 0 Å². The summed E-state index contributed by atoms with van der Waals surface area (Å²) in [6.45, 7) is 5.17. The summed E-state index contributed by atoms with van der Waals surface area (Å²) >= 11 is 0. The highest BCUT2D eigenvalue weighted by Crippen LogP contribution is 2.31. The molecule has 4 rings (SSSR count). The highest BCUT2D eigenvalue weighted by atomic mass is 16.1. The van der Waals surface area contributed by atoms with E-state index < -0.39 is 0 Å². The SMILES string of the molecule is CCn1c2ccc(C)cc2c2cc(C(=O)c3ccccc3)ccc21. The molecule has 0 N–H and O–H groups in total. The Morgan fingerprint density at radius 2 is 1.50 bits per heavy atom. The summed E-state index contributed by atoms with van der Waals surface area (Å²) < 4.78 is 2.31. The predicted molar refractivity (Wildman–Crippen MR) is 99.7 cm³/mol. The number of fused-ring (bicyclic) bond motifs is 3. The Hall–Kier alpha value is -2.87. The molecule has 1 heterocycles. The van der Waals surface area contributed by atoms with Gasteiger partial charge in [0, 0.05) is 39.5 Å². The molecule has 2 nitrogen and oxygen atoms in total. The first kappa shape index (κ1) is 14.7. The van der Waals surface area contributed by atoms with E-state index in [9.17, 15) is 4.79 Å². The molecule has 4 aromatic rings. The molecule has 0 bridgehead atoms. The molecular weight excluding hydrogens is 294 g/mol. The average Bonchev–Trinajstić information content (AvgIpc) is 2.94. The molecule has 118 valence electrons. The number of ketones is 1. The van der Waals surface area contributed by atoms with Crippen molar-refractivity contribution in [2.45, 2.75) is 20.4 Å². The predicted octanol–water partition coefficient (Wildman–Crippen LogP) is 5.35. The smallest absolute Gasteiger partial charge is 0.193 e. The number of aromatic nitrogens is 1. The monoisotopic (exact) mass is 313 g/mol. The van der Waals surface area contributed by atoms with Crippen molar-refractivity contribution in [2.24, 2.45) is 0 Å². The van der Waals surface area contributed by atoms with Crippen LogP contribution < -0.4 is 0 Å². The Balaban J connectivity index is 1.96. The van der Waals surface area contributed by atoms with E-state index in [4.69, 9.17) is 0 Å². The van der Waals surface area contributed by atoms with Crippen LogP contribution in [-0.4, -0.2) is 10.4 Å². The summed E-state index contributed by atoms with van der Waals surface area (Å²) in [4.78, 5) is 12.8. The Morgan fingerprint density at radius 1 is 0.833 bits per heavy atom. The van der Waals surface area contributed by atoms with E-state index in [1.54, 1.807) is 0 Å². The third-order valence-electron chi connectivity index (χ3n) is 4.63. The molecule has 24 heavy (non-hydrogen) atoms. The van der Waals surface area contributed by atoms with Crippen LogP contribution in [0.5, 0.6) is 0 Å². The highest BCUT2D eigenvalue weighted by Gasteiger charge is 2.14. The van der Waals surface area contributed by atoms with Gasteiger partial charge in [0.25, 0.3) is 0 Å². The van der Waals surface area contributed by atoms with E-state index in [2.05, 4.69) is 42.7 Å². The lowest BCUT2D eigenvalue weighted by Crippen LogP contribution is -2.01. The molecule has 0 aliphatic heterocycles. The van der Waals surface area contributed by atoms with Crippen molar-refractivity contribution >= 4 is 27.6 Å². The molecule has 0 spiro atoms. The normalized spacial score (nSPS) is 11.2. The lowest BCUT2D eigenvalue weighted by atomic mass is 10.0. The van der Waals surface area contributed by atoms with Crippen LogP contribution in [0.2, 0.25) is 0 Å². The fraction of sp³-hybridized carbons (Fsp3) is 0.136. The molecule has 0 atom stereocenters. The summed E-state index contributed by atoms with van der Waals surface area (Å²) in [5, 5.41) is 2.37. The second-order valence-electron chi connectivity index (χ2n) is 6.19. The zero-order chi connectivity index (χ0) is 16.7. The summed E-state index contributed by atoms with van der Waals surface area (Å²) in [6.07, 6.45) is 0. The molecule has 0 unspecified atom stereocenters. The van der Waals surface area contributed by atoms with Gasteiger partial charge in [-0.2, -0.15) is 0 Å². The lowest BCUT2D eigenvalue weighted by Gasteiger charge is -2.04. The number of benzene rings is 3. The van der Waals surface area contributed by atoms with E-state index in [1.165, 1.54) is 22.0 Å². The number of carbonyl (C=O) groups is 1. The van der Waals surface area contributed by atoms with Gasteiger partial charge in [0.15, 0.2) is 5.78 Å². The van der Waals surface area contributed by atoms with E-state index in [-0.39, 0.29) is 5.78 Å². The summed E-state index contributed by atoms with van der Waals surface area (Å²) in [7, 11) is 0. The largest absolute Gasteiger partial charge is 0.341 e. The maximum absolute atomic E-state index is 12.8. The lowest BCUT2D eigenvalue weighted by molar-refractivity contribution is 0.103. The van der Waals surface area contributed by atoms with Crippen LogP contribution in [0.3, 0.4) is 0 Å². The third kappa shape index (κ3) is 2.23. The van der Waals surface area contributed by atoms with Gasteiger partial charge < -0.3 is 4.57 Å². The van der Waals surface area contributed by atoms with Crippen LogP contribution in [0, 0.1) is 6.92 Å². The van der Waals surface area contributed by atoms with Crippen molar-refractivity contribution in [1.82, 2.24) is 4.57 Å². The molecule has 0 saturated heterocycles. The Labute approximate surface area is 141 Å². The minimum Gasteiger partial charge on any atom is -0.341 e. The fourth-order valence-electron chi connectivity index (χ4n) is 3.46. The second-order valence-corrected chi connectivity index (χ2v) is 6.19. The van der Waals surface area contributed by atoms with E-state index in [0.717, 1.165) is 23.1 Å². The van der Waals surface area contributed by atoms with Crippen molar-refractivity contribution < 1.29 is 4.79 Å². The number of nitrogens with zero attached hydrogens (tertiary/aromatic N) is 1. The van der Waals surface area contributed by atoms with E-state index in [1.807, 2.05) is 42.5 Å². The Kier molecular flexibility index (Phi) is 3.46. The maximum atomic E-state index is 12.8. The van der Waals surface area contributed by atoms with E-state index in [0.29, 0.717) is 0 Å². The third-order valence-corrected chi connectivity index (χ3v) is 4.63. The molecular formula is C22H19NO. The van der Waals surface area contributed by atoms with Gasteiger partial charge in [-0.25, -0.2) is 0 Å². The molecule has 0 aliphatic carbocycles. The maximum Gasteiger partial charge on any atom is 0.193 e. The van der Waals surface area contributed by atoms with Crippen LogP contribution in [0.25, 0.3) is 21.8 Å². The zero-order valence-electron chi connectivity index (χ0n) is 13.9. The van der Waals surface area contributed by atoms with Gasteiger partial charge >= 0.3 is 0 Å². The number of aryl methyl sites for hydroxylation is 2. The molecule has 0 aliphatic rings. The average molecular weight is 313 g/mol. The molecule has 0 fully saturated rings. The Morgan fingerprint density at radius 3 is 2.21 bits per heavy atom. The minimum absolute atomic E-state index is 0.0718. The molecule has 3 aromatic carbocycles. The zero-order valence-corrected chi connectivity index (χ0v) is 13.9. The standard InChI is InChI=1S/C22H19NO/c1-3-23-20-11-9-15(2)13-18(20)19-14-17(10-12-21(19)23)22(24)16-7-5-4-6-8-16/h4-14H,3H2,1-2H3. The second kappa shape index (κ2) is 5.64. The minimum atomic E-state index is 0.0718. The summed E-state index contributed by atoms with van der Waals surface area (Å²) in [5.41, 5.74) is 5.11. The van der Waals surface area contributed by atoms with Crippen molar-refractivity contribution in [3.05, 3.63) is 83.4 Å². The molecule has 0 saturated carbocycles. The van der Waals surface area contributed by atoms with Crippen molar-refractivity contribution in [2.75, 3.05) is 0 Å². The van der Waals surface area contributed by atoms with Crippen LogP contribution >= 0.6 is 0 Å². The van der Waals surface area contributed by atoms with Crippen LogP contribution in [0.15, 0.2) is 66.7 Å². The first-order valence-electron chi connectivity index (χ1n) is 8.31. The first-order valence-corrected chi connectivity index (χ1v) is 8.31. The van der Waals surface area contributed by atoms with Gasteiger partial charge in [-0.05, 0) is 44.2 Å². The topological polar surface area (TPSA) is 22.0 Å². The van der Waals surface area contributed by atoms with Crippen molar-refractivity contribution in [1.29, 1.82) is 0 Å². The van der Waals surface area contributed by atoms with Gasteiger partial charge in [0.2, 0.25) is 0 Å². The molecule has 2 heteroatoms. The van der Waals surface area contributed by atoms with Gasteiger partial charge in [0.1, 0.15) is 0 Å². The summed E-state index contributed by atoms with van der Waals surface area (Å²) in [5.74, 6) is 0.0718. The molecule has 0 radical (unpaired) electrons. The van der Waals surface area contributed by atoms with Crippen LogP contribution in [0.1, 0.15) is 28.4 Å². The number of rotatable bonds is 3. The number of carbonyl (C=O) groups excluding carboxylic acids is 1. The van der Waals surface area contributed by atoms with Crippen molar-refractivity contribution in [3.8, 4) is 0 Å². The van der Waals surface area contributed by atoms with Gasteiger partial charge in [-0.15, -0.1) is 0 Å². The fourth-order valence-corrected chi connectivity index (χ4v) is 3.46. The Bertz CT molecular complexity index is 1060. The molecule has 1 aromatic heterocycles. The number of hydrogen-bond donors (Lipinski definition) is 0. The molecule has 0 amide bonds. The van der Waals surface area contributed by atoms with Gasteiger partial charge in [-0.1, -0.05) is 42.0 Å². The number of hydrogen-bond acceptors (Lipinski definition) is 1. The van der Waals surface area contributed by atoms with E-state index >= 15 is 0 Å². The van der Waals surface area contributed by atoms with Gasteiger partial charge in [0.05, 0.1) is 0 Å². The van der Waals surface area contributed by atoms with Gasteiger partial charge in [-0.3, -0.25) is 4.79 Å². The highest BCUT2D eigenvalue weighted by molar-refractivity contribution is 6.14. The van der Waals surface area contributed by atoms with Crippen LogP contribution in [-0.2, 0) is 6.54 Å². The first-order chi connectivity index (χ1) is 11.7. The van der Waals surface area contributed by atoms with Crippen molar-refractivity contribution in [3.63, 3.8) is 0 Å². The summed E-state index contributed by atoms with van der Waals surface area (Å²) in [6, 6.07) is 22.0.